The van der Waals surface area contributed by atoms with Crippen molar-refractivity contribution in [2.24, 2.45) is 39.9 Å². The van der Waals surface area contributed by atoms with Crippen molar-refractivity contribution in [3.05, 3.63) is 12.2 Å². The summed E-state index contributed by atoms with van der Waals surface area (Å²) in [5.41, 5.74) is -3.37. The van der Waals surface area contributed by atoms with E-state index in [1.807, 2.05) is 0 Å². The minimum Gasteiger partial charge on any atom is -0.481 e. The second kappa shape index (κ2) is 4.97. The molecule has 1 saturated heterocycles. The summed E-state index contributed by atoms with van der Waals surface area (Å²) >= 11 is 0. The van der Waals surface area contributed by atoms with Crippen molar-refractivity contribution in [2.75, 3.05) is 0 Å². The van der Waals surface area contributed by atoms with Gasteiger partial charge in [-0.3, -0.25) is 14.4 Å². The van der Waals surface area contributed by atoms with Gasteiger partial charge in [-0.15, -0.1) is 0 Å². The van der Waals surface area contributed by atoms with E-state index in [1.165, 1.54) is 6.92 Å². The number of hydrogen-bond donors (Lipinski definition) is 4. The van der Waals surface area contributed by atoms with Gasteiger partial charge in [-0.25, -0.2) is 0 Å². The summed E-state index contributed by atoms with van der Waals surface area (Å²) in [6.07, 6.45) is -2.33. The summed E-state index contributed by atoms with van der Waals surface area (Å²) in [7, 11) is 0. The Morgan fingerprint density at radius 3 is 2.50 bits per heavy atom. The Morgan fingerprint density at radius 1 is 1.21 bits per heavy atom. The van der Waals surface area contributed by atoms with Crippen molar-refractivity contribution < 1.29 is 39.5 Å². The van der Waals surface area contributed by atoms with Crippen LogP contribution in [0.15, 0.2) is 12.2 Å². The number of carbonyl (C=O) groups excluding carboxylic acids is 1. The lowest BCUT2D eigenvalue weighted by Crippen LogP contribution is -2.66. The van der Waals surface area contributed by atoms with Crippen LogP contribution in [0, 0.1) is 39.9 Å². The topological polar surface area (TPSA) is 141 Å². The third-order valence-electron chi connectivity index (χ3n) is 8.96. The number of rotatable bonds is 2. The predicted octanol–water partition coefficient (Wildman–Crippen LogP) is 0.418. The van der Waals surface area contributed by atoms with Gasteiger partial charge in [-0.2, -0.15) is 0 Å². The van der Waals surface area contributed by atoms with Gasteiger partial charge in [0, 0.05) is 11.8 Å². The number of carboxylic acids is 2. The lowest BCUT2D eigenvalue weighted by atomic mass is 9.49. The molecular weight excluding hydrogens is 368 g/mol. The third kappa shape index (κ3) is 1.61. The van der Waals surface area contributed by atoms with Crippen molar-refractivity contribution >= 4 is 17.9 Å². The molecule has 5 rings (SSSR count). The van der Waals surface area contributed by atoms with Crippen molar-refractivity contribution in [3.63, 3.8) is 0 Å². The molecule has 1 heterocycles. The molecule has 0 amide bonds. The first-order valence-electron chi connectivity index (χ1n) is 9.73. The maximum atomic E-state index is 13.3. The zero-order valence-electron chi connectivity index (χ0n) is 15.5. The predicted molar refractivity (Wildman–Crippen MR) is 91.7 cm³/mol. The van der Waals surface area contributed by atoms with E-state index in [1.54, 1.807) is 0 Å². The molecule has 1 aliphatic heterocycles. The van der Waals surface area contributed by atoms with Crippen molar-refractivity contribution in [1.82, 2.24) is 0 Å². The summed E-state index contributed by atoms with van der Waals surface area (Å²) in [5, 5.41) is 41.6. The van der Waals surface area contributed by atoms with Crippen LogP contribution in [0.4, 0.5) is 0 Å². The van der Waals surface area contributed by atoms with Gasteiger partial charge in [0.15, 0.2) is 0 Å². The second-order valence-corrected chi connectivity index (χ2v) is 9.75. The number of hydrogen-bond acceptors (Lipinski definition) is 6. The molecule has 4 bridgehead atoms. The molecule has 4 saturated carbocycles. The third-order valence-corrected chi connectivity index (χ3v) is 8.96. The highest BCUT2D eigenvalue weighted by Crippen LogP contribution is 2.79. The fraction of sp³-hybridized carbons (Fsp3) is 0.750. The number of aliphatic hydroxyl groups is 2. The van der Waals surface area contributed by atoms with Gasteiger partial charge < -0.3 is 25.2 Å². The molecule has 8 nitrogen and oxygen atoms in total. The number of esters is 1. The zero-order chi connectivity index (χ0) is 20.4. The monoisotopic (exact) mass is 392 g/mol. The van der Waals surface area contributed by atoms with Crippen LogP contribution in [0.3, 0.4) is 0 Å². The highest BCUT2D eigenvalue weighted by atomic mass is 16.5. The molecule has 152 valence electrons. The van der Waals surface area contributed by atoms with Crippen LogP contribution in [0.2, 0.25) is 0 Å². The minimum absolute atomic E-state index is 0.120. The molecule has 0 unspecified atom stereocenters. The molecule has 0 aromatic rings. The molecule has 5 fully saturated rings. The highest BCUT2D eigenvalue weighted by Gasteiger charge is 2.84. The number of aliphatic carboxylic acids is 2. The lowest BCUT2D eigenvalue weighted by Gasteiger charge is -2.56. The van der Waals surface area contributed by atoms with E-state index in [0.29, 0.717) is 19.3 Å². The number of carbonyl (C=O) groups is 3. The first kappa shape index (κ1) is 18.1. The molecule has 4 aliphatic carbocycles. The minimum atomic E-state index is -1.99. The number of fused-ring (bicyclic) bond motifs is 3. The molecule has 2 spiro atoms. The van der Waals surface area contributed by atoms with E-state index < -0.39 is 64.1 Å². The molecule has 5 aliphatic rings. The molecule has 28 heavy (non-hydrogen) atoms. The standard InChI is InChI=1S/C20H24O8/c1-7-4-19-5-8(7)10-3-11(19)20(17(27)28-10)6-9(21)14(22)18(2,16(25)26)13(20)12(19)15(23)24/h8-14,21-22H,1,3-6H2,2H3,(H,23,24)(H,25,26)/t8-,9+,10+,11-,12-,13-,14+,18+,19+,20-/m1/s1. The Balaban J connectivity index is 1.83. The molecule has 0 radical (unpaired) electrons. The average Bonchev–Trinajstić information content (AvgIpc) is 3.06. The van der Waals surface area contributed by atoms with Crippen LogP contribution in [0.25, 0.3) is 0 Å². The fourth-order valence-electron chi connectivity index (χ4n) is 8.06. The Kier molecular flexibility index (Phi) is 3.22. The maximum Gasteiger partial charge on any atom is 0.313 e. The quantitative estimate of drug-likeness (QED) is 0.391. The molecule has 0 aromatic carbocycles. The van der Waals surface area contributed by atoms with Gasteiger partial charge >= 0.3 is 17.9 Å². The smallest absolute Gasteiger partial charge is 0.313 e. The van der Waals surface area contributed by atoms with E-state index in [0.717, 1.165) is 5.57 Å². The van der Waals surface area contributed by atoms with Crippen molar-refractivity contribution in [1.29, 1.82) is 0 Å². The Bertz CT molecular complexity index is 836. The molecule has 4 N–H and O–H groups in total. The summed E-state index contributed by atoms with van der Waals surface area (Å²) in [6.45, 7) is 5.37. The molecule has 8 heteroatoms. The van der Waals surface area contributed by atoms with E-state index in [-0.39, 0.29) is 18.4 Å². The van der Waals surface area contributed by atoms with Crippen LogP contribution in [-0.2, 0) is 19.1 Å². The Hall–Kier alpha value is -1.93. The number of carboxylic acid groups (broad SMARTS) is 2. The Labute approximate surface area is 161 Å². The molecular formula is C20H24O8. The second-order valence-electron chi connectivity index (χ2n) is 9.75. The zero-order valence-corrected chi connectivity index (χ0v) is 15.5. The van der Waals surface area contributed by atoms with E-state index >= 15 is 0 Å². The summed E-state index contributed by atoms with van der Waals surface area (Å²) in [6, 6.07) is 0. The lowest BCUT2D eigenvalue weighted by molar-refractivity contribution is -0.227. The van der Waals surface area contributed by atoms with Gasteiger partial charge in [0.2, 0.25) is 0 Å². The normalized spacial score (nSPS) is 56.2. The van der Waals surface area contributed by atoms with Crippen LogP contribution < -0.4 is 0 Å². The fourth-order valence-corrected chi connectivity index (χ4v) is 8.06. The Morgan fingerprint density at radius 2 is 1.89 bits per heavy atom. The molecule has 10 atom stereocenters. The summed E-state index contributed by atoms with van der Waals surface area (Å²) < 4.78 is 5.75. The van der Waals surface area contributed by atoms with Gasteiger partial charge in [0.05, 0.1) is 29.0 Å². The summed E-state index contributed by atoms with van der Waals surface area (Å²) in [4.78, 5) is 38.3. The van der Waals surface area contributed by atoms with E-state index in [4.69, 9.17) is 4.74 Å². The van der Waals surface area contributed by atoms with Crippen LogP contribution in [0.1, 0.15) is 32.6 Å². The largest absolute Gasteiger partial charge is 0.481 e. The number of ether oxygens (including phenoxy) is 1. The molecule has 0 aromatic heterocycles. The van der Waals surface area contributed by atoms with E-state index in [9.17, 15) is 34.8 Å². The first-order valence-corrected chi connectivity index (χ1v) is 9.73. The first-order chi connectivity index (χ1) is 13.0. The van der Waals surface area contributed by atoms with Crippen LogP contribution in [0.5, 0.6) is 0 Å². The SMILES string of the molecule is C=C1C[C@]23C[C@H]1[C@@H]1C[C@H]2[C@@]2(C[C@H](O)[C@H](O)[C@@](C)(C(=O)O)[C@H]2[C@@H]3C(=O)O)C(=O)O1. The average molecular weight is 392 g/mol. The van der Waals surface area contributed by atoms with Crippen molar-refractivity contribution in [2.45, 2.75) is 50.9 Å². The van der Waals surface area contributed by atoms with Crippen molar-refractivity contribution in [3.8, 4) is 0 Å². The van der Waals surface area contributed by atoms with E-state index in [2.05, 4.69) is 6.58 Å². The van der Waals surface area contributed by atoms with Crippen LogP contribution in [-0.4, -0.2) is 56.6 Å². The van der Waals surface area contributed by atoms with Crippen LogP contribution >= 0.6 is 0 Å². The van der Waals surface area contributed by atoms with Gasteiger partial charge in [0.1, 0.15) is 6.10 Å². The maximum absolute atomic E-state index is 13.3. The highest BCUT2D eigenvalue weighted by molar-refractivity contribution is 5.88. The number of aliphatic hydroxyl groups excluding tert-OH is 2. The van der Waals surface area contributed by atoms with Gasteiger partial charge in [0.25, 0.3) is 0 Å². The summed E-state index contributed by atoms with van der Waals surface area (Å²) in [5.74, 6) is -6.02. The van der Waals surface area contributed by atoms with Gasteiger partial charge in [-0.1, -0.05) is 12.2 Å². The van der Waals surface area contributed by atoms with Gasteiger partial charge in [-0.05, 0) is 43.9 Å².